The maximum atomic E-state index is 13.9. The second-order valence-corrected chi connectivity index (χ2v) is 9.21. The Balaban J connectivity index is 1.38. The summed E-state index contributed by atoms with van der Waals surface area (Å²) in [6.07, 6.45) is 5.29. The molecule has 0 aliphatic rings. The molecule has 0 amide bonds. The summed E-state index contributed by atoms with van der Waals surface area (Å²) in [5, 5.41) is 9.62. The van der Waals surface area contributed by atoms with E-state index in [0.717, 1.165) is 67.9 Å². The van der Waals surface area contributed by atoms with Crippen LogP contribution in [-0.2, 0) is 0 Å². The number of aromatic nitrogens is 5. The third kappa shape index (κ3) is 4.54. The predicted octanol–water partition coefficient (Wildman–Crippen LogP) is 5.91. The van der Waals surface area contributed by atoms with E-state index >= 15 is 0 Å². The monoisotopic (exact) mass is 492 g/mol. The van der Waals surface area contributed by atoms with E-state index in [1.807, 2.05) is 56.7 Å². The van der Waals surface area contributed by atoms with E-state index in [-0.39, 0.29) is 5.82 Å². The molecule has 4 heterocycles. The van der Waals surface area contributed by atoms with Crippen molar-refractivity contribution in [2.45, 2.75) is 0 Å². The third-order valence-corrected chi connectivity index (χ3v) is 6.32. The molecule has 0 radical (unpaired) electrons. The number of ether oxygens (including phenoxy) is 1. The van der Waals surface area contributed by atoms with Crippen LogP contribution in [0, 0.1) is 5.82 Å². The highest BCUT2D eigenvalue weighted by atomic mass is 19.1. The van der Waals surface area contributed by atoms with E-state index in [9.17, 15) is 4.39 Å². The van der Waals surface area contributed by atoms with Crippen molar-refractivity contribution in [3.05, 3.63) is 85.1 Å². The van der Waals surface area contributed by atoms with Gasteiger partial charge in [-0.15, -0.1) is 0 Å². The van der Waals surface area contributed by atoms with Gasteiger partial charge in [0.1, 0.15) is 23.9 Å². The molecule has 0 aliphatic heterocycles. The summed E-state index contributed by atoms with van der Waals surface area (Å²) in [5.41, 5.74) is 6.90. The van der Waals surface area contributed by atoms with Crippen molar-refractivity contribution in [1.29, 1.82) is 0 Å². The van der Waals surface area contributed by atoms with E-state index in [1.165, 1.54) is 12.1 Å². The number of fused-ring (bicyclic) bond motifs is 2. The van der Waals surface area contributed by atoms with E-state index in [0.29, 0.717) is 6.61 Å². The van der Waals surface area contributed by atoms with Gasteiger partial charge in [-0.25, -0.2) is 4.39 Å². The lowest BCUT2D eigenvalue weighted by Crippen LogP contribution is -2.19. The lowest BCUT2D eigenvalue weighted by Gasteiger charge is -2.11. The van der Waals surface area contributed by atoms with Crippen LogP contribution in [0.5, 0.6) is 5.75 Å². The highest BCUT2D eigenvalue weighted by molar-refractivity contribution is 6.00. The van der Waals surface area contributed by atoms with Crippen LogP contribution in [0.25, 0.3) is 55.6 Å². The molecule has 0 fully saturated rings. The zero-order chi connectivity index (χ0) is 25.4. The highest BCUT2D eigenvalue weighted by Crippen LogP contribution is 2.34. The summed E-state index contributed by atoms with van der Waals surface area (Å²) >= 11 is 0. The number of nitrogens with one attached hydrogen (secondary N) is 2. The molecule has 2 aromatic carbocycles. The van der Waals surface area contributed by atoms with E-state index in [4.69, 9.17) is 4.74 Å². The largest absolute Gasteiger partial charge is 0.491 e. The predicted molar refractivity (Wildman–Crippen MR) is 144 cm³/mol. The number of H-pyrrole nitrogens is 2. The molecule has 7 nitrogen and oxygen atoms in total. The van der Waals surface area contributed by atoms with Crippen molar-refractivity contribution < 1.29 is 9.13 Å². The fraction of sp³-hybridized carbons (Fsp3) is 0.138. The zero-order valence-corrected chi connectivity index (χ0v) is 20.5. The van der Waals surface area contributed by atoms with E-state index in [2.05, 4.69) is 36.1 Å². The number of aromatic amines is 2. The SMILES string of the molecule is CN(C)CCOc1cncc(-c2ccc3[nH]nc(-c4cc5c(-c6cccc(F)c6)nccc5[nH]4)c3c2)c1. The van der Waals surface area contributed by atoms with Crippen LogP contribution in [0.1, 0.15) is 0 Å². The van der Waals surface area contributed by atoms with Gasteiger partial charge in [-0.3, -0.25) is 15.1 Å². The number of halogens is 1. The number of rotatable bonds is 7. The average molecular weight is 493 g/mol. The van der Waals surface area contributed by atoms with Gasteiger partial charge in [0.15, 0.2) is 0 Å². The van der Waals surface area contributed by atoms with Gasteiger partial charge >= 0.3 is 0 Å². The fourth-order valence-electron chi connectivity index (χ4n) is 4.45. The van der Waals surface area contributed by atoms with Crippen LogP contribution in [0.3, 0.4) is 0 Å². The molecular formula is C29H25FN6O. The van der Waals surface area contributed by atoms with Crippen LogP contribution < -0.4 is 4.74 Å². The third-order valence-electron chi connectivity index (χ3n) is 6.32. The van der Waals surface area contributed by atoms with Crippen molar-refractivity contribution in [2.24, 2.45) is 0 Å². The first-order valence-electron chi connectivity index (χ1n) is 12.0. The molecule has 0 spiro atoms. The second-order valence-electron chi connectivity index (χ2n) is 9.21. The Bertz CT molecular complexity index is 1720. The fourth-order valence-corrected chi connectivity index (χ4v) is 4.45. The van der Waals surface area contributed by atoms with Crippen LogP contribution in [-0.4, -0.2) is 57.3 Å². The summed E-state index contributed by atoms with van der Waals surface area (Å²) in [7, 11) is 4.03. The second kappa shape index (κ2) is 9.48. The van der Waals surface area contributed by atoms with E-state index in [1.54, 1.807) is 18.5 Å². The van der Waals surface area contributed by atoms with Crippen molar-refractivity contribution in [2.75, 3.05) is 27.2 Å². The summed E-state index contributed by atoms with van der Waals surface area (Å²) in [6.45, 7) is 1.42. The minimum atomic E-state index is -0.292. The molecule has 6 rings (SSSR count). The Morgan fingerprint density at radius 2 is 1.76 bits per heavy atom. The number of hydrogen-bond acceptors (Lipinski definition) is 5. The van der Waals surface area contributed by atoms with Crippen LogP contribution in [0.2, 0.25) is 0 Å². The molecule has 2 N–H and O–H groups in total. The Morgan fingerprint density at radius 1 is 0.865 bits per heavy atom. The van der Waals surface area contributed by atoms with Crippen molar-refractivity contribution in [1.82, 2.24) is 30.0 Å². The average Bonchev–Trinajstić information content (AvgIpc) is 3.52. The first-order chi connectivity index (χ1) is 18.0. The Morgan fingerprint density at radius 3 is 2.62 bits per heavy atom. The summed E-state index contributed by atoms with van der Waals surface area (Å²) in [6, 6.07) is 18.6. The molecule has 6 aromatic rings. The molecule has 0 unspecified atom stereocenters. The number of likely N-dealkylation sites (N-methyl/N-ethyl adjacent to an activating group) is 1. The molecular weight excluding hydrogens is 467 g/mol. The first-order valence-corrected chi connectivity index (χ1v) is 12.0. The van der Waals surface area contributed by atoms with Gasteiger partial charge in [0.25, 0.3) is 0 Å². The highest BCUT2D eigenvalue weighted by Gasteiger charge is 2.15. The van der Waals surface area contributed by atoms with Crippen LogP contribution >= 0.6 is 0 Å². The molecule has 0 saturated heterocycles. The van der Waals surface area contributed by atoms with Gasteiger partial charge in [-0.05, 0) is 62.1 Å². The number of pyridine rings is 2. The van der Waals surface area contributed by atoms with E-state index < -0.39 is 0 Å². The molecule has 37 heavy (non-hydrogen) atoms. The molecule has 0 bridgehead atoms. The molecule has 184 valence electrons. The lowest BCUT2D eigenvalue weighted by molar-refractivity contribution is 0.261. The van der Waals surface area contributed by atoms with Crippen LogP contribution in [0.4, 0.5) is 4.39 Å². The topological polar surface area (TPSA) is 82.7 Å². The Kier molecular flexibility index (Phi) is 5.86. The van der Waals surface area contributed by atoms with Gasteiger partial charge in [0, 0.05) is 46.4 Å². The summed E-state index contributed by atoms with van der Waals surface area (Å²) in [5.74, 6) is 0.444. The van der Waals surface area contributed by atoms with Gasteiger partial charge in [0.2, 0.25) is 0 Å². The van der Waals surface area contributed by atoms with Gasteiger partial charge in [-0.1, -0.05) is 18.2 Å². The maximum absolute atomic E-state index is 13.9. The maximum Gasteiger partial charge on any atom is 0.138 e. The number of benzene rings is 2. The van der Waals surface area contributed by atoms with Crippen molar-refractivity contribution in [3.63, 3.8) is 0 Å². The quantitative estimate of drug-likeness (QED) is 0.289. The summed E-state index contributed by atoms with van der Waals surface area (Å²) < 4.78 is 19.8. The number of nitrogens with zero attached hydrogens (tertiary/aromatic N) is 4. The standard InChI is InChI=1S/C29H25FN6O/c1-36(2)10-11-37-22-13-20(16-31-17-22)18-6-7-26-23(14-18)29(35-34-26)27-15-24-25(33-27)8-9-32-28(24)19-4-3-5-21(30)12-19/h3-9,12-17,33H,10-11H2,1-2H3,(H,34,35). The van der Waals surface area contributed by atoms with Gasteiger partial charge in [-0.2, -0.15) is 5.10 Å². The molecule has 0 saturated carbocycles. The Labute approximate surface area is 213 Å². The summed E-state index contributed by atoms with van der Waals surface area (Å²) in [4.78, 5) is 14.4. The molecule has 0 aliphatic carbocycles. The smallest absolute Gasteiger partial charge is 0.138 e. The zero-order valence-electron chi connectivity index (χ0n) is 20.5. The van der Waals surface area contributed by atoms with Gasteiger partial charge in [0.05, 0.1) is 23.1 Å². The van der Waals surface area contributed by atoms with Crippen molar-refractivity contribution in [3.8, 4) is 39.5 Å². The minimum Gasteiger partial charge on any atom is -0.491 e. The first kappa shape index (κ1) is 22.9. The number of hydrogen-bond donors (Lipinski definition) is 2. The van der Waals surface area contributed by atoms with Gasteiger partial charge < -0.3 is 14.6 Å². The lowest BCUT2D eigenvalue weighted by atomic mass is 10.0. The normalized spacial score (nSPS) is 11.6. The van der Waals surface area contributed by atoms with Crippen molar-refractivity contribution >= 4 is 21.8 Å². The van der Waals surface area contributed by atoms with Crippen LogP contribution in [0.15, 0.2) is 79.3 Å². The molecule has 4 aromatic heterocycles. The Hall–Kier alpha value is -4.56. The minimum absolute atomic E-state index is 0.292. The molecule has 8 heteroatoms. The molecule has 0 atom stereocenters.